The van der Waals surface area contributed by atoms with Crippen LogP contribution in [0.3, 0.4) is 0 Å². The molecule has 1 N–H and O–H groups in total. The van der Waals surface area contributed by atoms with E-state index in [9.17, 15) is 0 Å². The van der Waals surface area contributed by atoms with Crippen LogP contribution in [-0.4, -0.2) is 4.98 Å². The molecule has 0 unspecified atom stereocenters. The molecule has 1 heterocycles. The Hall–Kier alpha value is -2.63. The molecule has 0 fully saturated rings. The summed E-state index contributed by atoms with van der Waals surface area (Å²) >= 11 is 1.59. The molecule has 0 aliphatic heterocycles. The SMILES string of the molecule is Br.c1ccc(Oc2ccc(Nc3nc(-c4ccccc4)cs3)cc2)cc1. The molecule has 0 atom stereocenters. The fourth-order valence-corrected chi connectivity index (χ4v) is 3.17. The Morgan fingerprint density at radius 3 is 2.04 bits per heavy atom. The van der Waals surface area contributed by atoms with E-state index < -0.39 is 0 Å². The number of hydrogen-bond acceptors (Lipinski definition) is 4. The molecule has 0 radical (unpaired) electrons. The fraction of sp³-hybridized carbons (Fsp3) is 0. The van der Waals surface area contributed by atoms with E-state index in [-0.39, 0.29) is 17.0 Å². The first-order valence-corrected chi connectivity index (χ1v) is 8.86. The standard InChI is InChI=1S/C21H16N2OS.BrH/c1-3-7-16(8-4-1)20-15-25-21(23-20)22-17-11-13-19(14-12-17)24-18-9-5-2-6-10-18;/h1-15H,(H,22,23);1H. The van der Waals surface area contributed by atoms with Gasteiger partial charge in [0.05, 0.1) is 5.69 Å². The molecule has 0 aliphatic carbocycles. The van der Waals surface area contributed by atoms with Gasteiger partial charge in [0.2, 0.25) is 0 Å². The van der Waals surface area contributed by atoms with Crippen LogP contribution in [0.2, 0.25) is 0 Å². The molecule has 0 bridgehead atoms. The minimum atomic E-state index is 0. The van der Waals surface area contributed by atoms with E-state index in [0.29, 0.717) is 0 Å². The highest BCUT2D eigenvalue weighted by Gasteiger charge is 2.05. The minimum absolute atomic E-state index is 0. The third-order valence-corrected chi connectivity index (χ3v) is 4.42. The average molecular weight is 425 g/mol. The highest BCUT2D eigenvalue weighted by molar-refractivity contribution is 8.93. The number of hydrogen-bond donors (Lipinski definition) is 1. The molecule has 3 aromatic carbocycles. The summed E-state index contributed by atoms with van der Waals surface area (Å²) in [4.78, 5) is 4.64. The molecular weight excluding hydrogens is 408 g/mol. The van der Waals surface area contributed by atoms with E-state index in [1.54, 1.807) is 11.3 Å². The average Bonchev–Trinajstić information content (AvgIpc) is 3.14. The van der Waals surface area contributed by atoms with E-state index in [1.165, 1.54) is 0 Å². The van der Waals surface area contributed by atoms with Gasteiger partial charge in [-0.05, 0) is 36.4 Å². The van der Waals surface area contributed by atoms with E-state index in [1.807, 2.05) is 72.8 Å². The van der Waals surface area contributed by atoms with Crippen molar-refractivity contribution in [1.82, 2.24) is 4.98 Å². The van der Waals surface area contributed by atoms with Crippen LogP contribution >= 0.6 is 28.3 Å². The van der Waals surface area contributed by atoms with Crippen molar-refractivity contribution in [2.45, 2.75) is 0 Å². The fourth-order valence-electron chi connectivity index (χ4n) is 2.43. The molecule has 4 rings (SSSR count). The molecule has 0 amide bonds. The number of aromatic nitrogens is 1. The first-order chi connectivity index (χ1) is 12.4. The number of nitrogens with zero attached hydrogens (tertiary/aromatic N) is 1. The summed E-state index contributed by atoms with van der Waals surface area (Å²) in [5.74, 6) is 1.64. The number of thiazole rings is 1. The number of rotatable bonds is 5. The van der Waals surface area contributed by atoms with Crippen molar-refractivity contribution in [3.8, 4) is 22.8 Å². The molecule has 26 heavy (non-hydrogen) atoms. The second-order valence-electron chi connectivity index (χ2n) is 5.47. The van der Waals surface area contributed by atoms with Gasteiger partial charge in [0.15, 0.2) is 5.13 Å². The molecule has 0 spiro atoms. The molecule has 5 heteroatoms. The lowest BCUT2D eigenvalue weighted by atomic mass is 10.2. The lowest BCUT2D eigenvalue weighted by Gasteiger charge is -2.07. The zero-order valence-corrected chi connectivity index (χ0v) is 16.4. The largest absolute Gasteiger partial charge is 0.457 e. The van der Waals surface area contributed by atoms with Gasteiger partial charge in [-0.1, -0.05) is 48.5 Å². The van der Waals surface area contributed by atoms with Gasteiger partial charge in [-0.2, -0.15) is 0 Å². The van der Waals surface area contributed by atoms with Crippen LogP contribution in [0.1, 0.15) is 0 Å². The van der Waals surface area contributed by atoms with Crippen LogP contribution in [0.15, 0.2) is 90.3 Å². The zero-order chi connectivity index (χ0) is 16.9. The Morgan fingerprint density at radius 1 is 0.731 bits per heavy atom. The predicted octanol–water partition coefficient (Wildman–Crippen LogP) is 6.92. The molecule has 0 aliphatic rings. The summed E-state index contributed by atoms with van der Waals surface area (Å²) in [5, 5.41) is 6.27. The van der Waals surface area contributed by atoms with Crippen LogP contribution in [0.25, 0.3) is 11.3 Å². The lowest BCUT2D eigenvalue weighted by Crippen LogP contribution is -1.90. The third-order valence-electron chi connectivity index (χ3n) is 3.66. The number of nitrogens with one attached hydrogen (secondary N) is 1. The predicted molar refractivity (Wildman–Crippen MR) is 114 cm³/mol. The summed E-state index contributed by atoms with van der Waals surface area (Å²) in [6.45, 7) is 0. The van der Waals surface area contributed by atoms with Crippen molar-refractivity contribution in [2.75, 3.05) is 5.32 Å². The Morgan fingerprint density at radius 2 is 1.35 bits per heavy atom. The quantitative estimate of drug-likeness (QED) is 0.377. The van der Waals surface area contributed by atoms with Crippen molar-refractivity contribution in [2.24, 2.45) is 0 Å². The van der Waals surface area contributed by atoms with Gasteiger partial charge >= 0.3 is 0 Å². The zero-order valence-electron chi connectivity index (χ0n) is 13.8. The normalized spacial score (nSPS) is 10.0. The van der Waals surface area contributed by atoms with Gasteiger partial charge in [-0.15, -0.1) is 28.3 Å². The highest BCUT2D eigenvalue weighted by atomic mass is 79.9. The van der Waals surface area contributed by atoms with Crippen LogP contribution in [0.4, 0.5) is 10.8 Å². The van der Waals surface area contributed by atoms with E-state index in [0.717, 1.165) is 33.6 Å². The van der Waals surface area contributed by atoms with Crippen LogP contribution in [0.5, 0.6) is 11.5 Å². The number of ether oxygens (including phenoxy) is 1. The number of para-hydroxylation sites is 1. The van der Waals surface area contributed by atoms with Crippen molar-refractivity contribution in [3.63, 3.8) is 0 Å². The number of halogens is 1. The van der Waals surface area contributed by atoms with Crippen molar-refractivity contribution < 1.29 is 4.74 Å². The summed E-state index contributed by atoms with van der Waals surface area (Å²) in [6, 6.07) is 27.8. The smallest absolute Gasteiger partial charge is 0.187 e. The Bertz CT molecular complexity index is 941. The molecule has 3 nitrogen and oxygen atoms in total. The number of benzene rings is 3. The summed E-state index contributed by atoms with van der Waals surface area (Å²) < 4.78 is 5.80. The second-order valence-corrected chi connectivity index (χ2v) is 6.33. The van der Waals surface area contributed by atoms with Crippen LogP contribution in [0, 0.1) is 0 Å². The van der Waals surface area contributed by atoms with Gasteiger partial charge < -0.3 is 10.1 Å². The number of anilines is 2. The first-order valence-electron chi connectivity index (χ1n) is 7.98. The van der Waals surface area contributed by atoms with Crippen LogP contribution in [-0.2, 0) is 0 Å². The van der Waals surface area contributed by atoms with Gasteiger partial charge in [-0.3, -0.25) is 0 Å². The molecular formula is C21H17BrN2OS. The Labute approximate surface area is 167 Å². The molecule has 0 saturated carbocycles. The lowest BCUT2D eigenvalue weighted by molar-refractivity contribution is 0.483. The van der Waals surface area contributed by atoms with E-state index in [2.05, 4.69) is 27.8 Å². The third kappa shape index (κ3) is 4.50. The van der Waals surface area contributed by atoms with Gasteiger partial charge in [0.1, 0.15) is 11.5 Å². The maximum Gasteiger partial charge on any atom is 0.187 e. The molecule has 130 valence electrons. The molecule has 0 saturated heterocycles. The summed E-state index contributed by atoms with van der Waals surface area (Å²) in [5.41, 5.74) is 3.09. The highest BCUT2D eigenvalue weighted by Crippen LogP contribution is 2.28. The van der Waals surface area contributed by atoms with Crippen LogP contribution < -0.4 is 10.1 Å². The molecule has 1 aromatic heterocycles. The second kappa shape index (κ2) is 8.65. The van der Waals surface area contributed by atoms with Gasteiger partial charge in [0, 0.05) is 16.6 Å². The maximum atomic E-state index is 5.80. The van der Waals surface area contributed by atoms with E-state index >= 15 is 0 Å². The van der Waals surface area contributed by atoms with Gasteiger partial charge in [-0.25, -0.2) is 4.98 Å². The minimum Gasteiger partial charge on any atom is -0.457 e. The Balaban J connectivity index is 0.00000196. The topological polar surface area (TPSA) is 34.1 Å². The maximum absolute atomic E-state index is 5.80. The van der Waals surface area contributed by atoms with Gasteiger partial charge in [0.25, 0.3) is 0 Å². The summed E-state index contributed by atoms with van der Waals surface area (Å²) in [7, 11) is 0. The van der Waals surface area contributed by atoms with Crippen molar-refractivity contribution in [1.29, 1.82) is 0 Å². The Kier molecular flexibility index (Phi) is 6.04. The molecule has 4 aromatic rings. The van der Waals surface area contributed by atoms with E-state index in [4.69, 9.17) is 4.74 Å². The summed E-state index contributed by atoms with van der Waals surface area (Å²) in [6.07, 6.45) is 0. The van der Waals surface area contributed by atoms with Crippen molar-refractivity contribution >= 4 is 39.1 Å². The van der Waals surface area contributed by atoms with Crippen molar-refractivity contribution in [3.05, 3.63) is 90.3 Å². The first kappa shape index (κ1) is 18.2. The monoisotopic (exact) mass is 424 g/mol.